The van der Waals surface area contributed by atoms with Gasteiger partial charge in [-0.2, -0.15) is 0 Å². The Hall–Kier alpha value is 0.840. The standard InChI is InChI=1S/C17H27Cl4N2O2PS/c1-16-2-4-17(5-3-16)27-15-14-25-26(24,22(10-6-18)11-7-19)23(12-8-20)13-9-21/h2-5H,6-15H2,1H3. The average Bonchev–Trinajstić information content (AvgIpc) is 2.66. The zero-order valence-electron chi connectivity index (χ0n) is 15.5. The summed E-state index contributed by atoms with van der Waals surface area (Å²) >= 11 is 25.3. The Bertz CT molecular complexity index is 536. The first-order valence-corrected chi connectivity index (χ1v) is 13.4. The summed E-state index contributed by atoms with van der Waals surface area (Å²) in [5, 5.41) is 0. The lowest BCUT2D eigenvalue weighted by atomic mass is 10.2. The minimum absolute atomic E-state index is 0.331. The van der Waals surface area contributed by atoms with E-state index in [2.05, 4.69) is 31.2 Å². The molecule has 0 radical (unpaired) electrons. The predicted molar refractivity (Wildman–Crippen MR) is 121 cm³/mol. The van der Waals surface area contributed by atoms with Gasteiger partial charge in [0.15, 0.2) is 0 Å². The molecule has 1 aromatic rings. The average molecular weight is 496 g/mol. The highest BCUT2D eigenvalue weighted by molar-refractivity contribution is 7.99. The van der Waals surface area contributed by atoms with E-state index in [1.165, 1.54) is 5.56 Å². The molecule has 4 nitrogen and oxygen atoms in total. The van der Waals surface area contributed by atoms with Crippen molar-refractivity contribution >= 4 is 65.8 Å². The molecule has 0 unspecified atom stereocenters. The fourth-order valence-corrected chi connectivity index (χ4v) is 6.98. The van der Waals surface area contributed by atoms with Crippen LogP contribution in [0.1, 0.15) is 5.56 Å². The Morgan fingerprint density at radius 3 is 1.74 bits per heavy atom. The van der Waals surface area contributed by atoms with Crippen LogP contribution in [0.4, 0.5) is 0 Å². The minimum atomic E-state index is -3.32. The number of alkyl halides is 4. The zero-order valence-corrected chi connectivity index (χ0v) is 20.2. The van der Waals surface area contributed by atoms with Gasteiger partial charge in [0.25, 0.3) is 0 Å². The number of aryl methyl sites for hydroxylation is 1. The van der Waals surface area contributed by atoms with E-state index in [-0.39, 0.29) is 0 Å². The highest BCUT2D eigenvalue weighted by atomic mass is 35.5. The topological polar surface area (TPSA) is 32.8 Å². The van der Waals surface area contributed by atoms with Gasteiger partial charge in [-0.05, 0) is 19.1 Å². The van der Waals surface area contributed by atoms with Gasteiger partial charge < -0.3 is 4.52 Å². The van der Waals surface area contributed by atoms with Gasteiger partial charge in [0.05, 0.1) is 6.61 Å². The number of nitrogens with zero attached hydrogens (tertiary/aromatic N) is 2. The lowest BCUT2D eigenvalue weighted by molar-refractivity contribution is 0.226. The maximum Gasteiger partial charge on any atom is 0.346 e. The second-order valence-corrected chi connectivity index (χ2v) is 10.7. The van der Waals surface area contributed by atoms with Crippen molar-refractivity contribution in [1.82, 2.24) is 9.34 Å². The van der Waals surface area contributed by atoms with E-state index >= 15 is 0 Å². The molecule has 10 heteroatoms. The number of rotatable bonds is 15. The van der Waals surface area contributed by atoms with Crippen molar-refractivity contribution in [3.05, 3.63) is 29.8 Å². The second kappa shape index (κ2) is 14.8. The van der Waals surface area contributed by atoms with Crippen molar-refractivity contribution in [3.8, 4) is 0 Å². The van der Waals surface area contributed by atoms with Crippen molar-refractivity contribution in [2.75, 3.05) is 62.1 Å². The normalized spacial score (nSPS) is 12.3. The van der Waals surface area contributed by atoms with E-state index in [1.54, 1.807) is 21.1 Å². The number of thioether (sulfide) groups is 1. The third-order valence-electron chi connectivity index (χ3n) is 3.72. The molecule has 0 aliphatic carbocycles. The number of hydrogen-bond acceptors (Lipinski definition) is 3. The Morgan fingerprint density at radius 2 is 1.33 bits per heavy atom. The zero-order chi connectivity index (χ0) is 20.1. The van der Waals surface area contributed by atoms with Crippen LogP contribution in [0.2, 0.25) is 0 Å². The maximum absolute atomic E-state index is 13.8. The third-order valence-corrected chi connectivity index (χ3v) is 8.12. The molecule has 0 saturated heterocycles. The molecule has 0 aliphatic heterocycles. The number of hydrogen-bond donors (Lipinski definition) is 0. The second-order valence-electron chi connectivity index (χ2n) is 5.65. The molecule has 0 bridgehead atoms. The van der Waals surface area contributed by atoms with Gasteiger partial charge in [-0.15, -0.1) is 58.2 Å². The lowest BCUT2D eigenvalue weighted by Gasteiger charge is -2.37. The predicted octanol–water partition coefficient (Wildman–Crippen LogP) is 5.77. The highest BCUT2D eigenvalue weighted by Gasteiger charge is 2.37. The Kier molecular flexibility index (Phi) is 14.1. The van der Waals surface area contributed by atoms with Gasteiger partial charge in [-0.25, -0.2) is 9.34 Å². The van der Waals surface area contributed by atoms with Crippen molar-refractivity contribution in [1.29, 1.82) is 0 Å². The highest BCUT2D eigenvalue weighted by Crippen LogP contribution is 2.54. The fourth-order valence-electron chi connectivity index (χ4n) is 2.41. The molecule has 1 aromatic carbocycles. The summed E-state index contributed by atoms with van der Waals surface area (Å²) < 4.78 is 23.2. The SMILES string of the molecule is Cc1ccc(SCCOP(=O)(N(CCCl)CCCl)N(CCCl)CCCl)cc1. The van der Waals surface area contributed by atoms with Gasteiger partial charge in [-0.3, -0.25) is 4.57 Å². The molecule has 0 N–H and O–H groups in total. The maximum atomic E-state index is 13.8. The smallest absolute Gasteiger partial charge is 0.305 e. The summed E-state index contributed by atoms with van der Waals surface area (Å²) in [6.45, 7) is 4.04. The Balaban J connectivity index is 2.81. The van der Waals surface area contributed by atoms with Gasteiger partial charge in [-0.1, -0.05) is 17.7 Å². The van der Waals surface area contributed by atoms with Crippen LogP contribution in [-0.4, -0.2) is 71.4 Å². The van der Waals surface area contributed by atoms with Crippen molar-refractivity contribution in [3.63, 3.8) is 0 Å². The van der Waals surface area contributed by atoms with Gasteiger partial charge in [0.2, 0.25) is 0 Å². The molecule has 0 heterocycles. The van der Waals surface area contributed by atoms with Gasteiger partial charge in [0.1, 0.15) is 0 Å². The van der Waals surface area contributed by atoms with E-state index in [4.69, 9.17) is 50.9 Å². The Labute approximate surface area is 187 Å². The van der Waals surface area contributed by atoms with Crippen LogP contribution in [0.3, 0.4) is 0 Å². The van der Waals surface area contributed by atoms with Crippen LogP contribution in [0.15, 0.2) is 29.2 Å². The van der Waals surface area contributed by atoms with Crippen LogP contribution < -0.4 is 0 Å². The van der Waals surface area contributed by atoms with Crippen molar-refractivity contribution in [2.24, 2.45) is 0 Å². The van der Waals surface area contributed by atoms with Crippen LogP contribution in [0.25, 0.3) is 0 Å². The van der Waals surface area contributed by atoms with E-state index in [1.807, 2.05) is 0 Å². The monoisotopic (exact) mass is 494 g/mol. The molecule has 0 atom stereocenters. The van der Waals surface area contributed by atoms with E-state index < -0.39 is 7.67 Å². The van der Waals surface area contributed by atoms with Crippen LogP contribution in [0, 0.1) is 6.92 Å². The van der Waals surface area contributed by atoms with Crippen molar-refractivity contribution in [2.45, 2.75) is 11.8 Å². The molecule has 0 aromatic heterocycles. The Morgan fingerprint density at radius 1 is 0.889 bits per heavy atom. The molecule has 27 heavy (non-hydrogen) atoms. The summed E-state index contributed by atoms with van der Waals surface area (Å²) in [4.78, 5) is 1.15. The largest absolute Gasteiger partial charge is 0.346 e. The van der Waals surface area contributed by atoms with Gasteiger partial charge >= 0.3 is 7.67 Å². The quantitative estimate of drug-likeness (QED) is 0.133. The molecule has 0 aliphatic rings. The van der Waals surface area contributed by atoms with Crippen LogP contribution in [0.5, 0.6) is 0 Å². The first kappa shape index (κ1) is 25.9. The number of halogens is 4. The molecule has 1 rings (SSSR count). The fraction of sp³-hybridized carbons (Fsp3) is 0.647. The molecule has 0 spiro atoms. The summed E-state index contributed by atoms with van der Waals surface area (Å²) in [6, 6.07) is 8.28. The third kappa shape index (κ3) is 9.02. The summed E-state index contributed by atoms with van der Waals surface area (Å²) in [7, 11) is -3.32. The first-order valence-electron chi connectivity index (χ1n) is 8.70. The van der Waals surface area contributed by atoms with E-state index in [9.17, 15) is 4.57 Å². The van der Waals surface area contributed by atoms with Crippen LogP contribution in [-0.2, 0) is 9.09 Å². The van der Waals surface area contributed by atoms with E-state index in [0.29, 0.717) is 62.1 Å². The molecule has 156 valence electrons. The lowest BCUT2D eigenvalue weighted by Crippen LogP contribution is -2.37. The molecule has 0 fully saturated rings. The van der Waals surface area contributed by atoms with Gasteiger partial charge in [0, 0.05) is 60.3 Å². The summed E-state index contributed by atoms with van der Waals surface area (Å²) in [5.74, 6) is 2.00. The molecule has 0 amide bonds. The summed E-state index contributed by atoms with van der Waals surface area (Å²) in [5.41, 5.74) is 1.22. The molecule has 0 saturated carbocycles. The van der Waals surface area contributed by atoms with E-state index in [0.717, 1.165) is 4.90 Å². The van der Waals surface area contributed by atoms with Crippen molar-refractivity contribution < 1.29 is 9.09 Å². The summed E-state index contributed by atoms with van der Waals surface area (Å²) in [6.07, 6.45) is 0. The molecular weight excluding hydrogens is 469 g/mol. The number of benzene rings is 1. The van der Waals surface area contributed by atoms with Crippen LogP contribution >= 0.6 is 65.8 Å². The first-order chi connectivity index (χ1) is 13.0. The minimum Gasteiger partial charge on any atom is -0.305 e. The molecular formula is C17H27Cl4N2O2PS.